The van der Waals surface area contributed by atoms with Crippen LogP contribution in [0.1, 0.15) is 74.0 Å². The number of fused-ring (bicyclic) bond motifs is 1. The van der Waals surface area contributed by atoms with Gasteiger partial charge in [0, 0.05) is 69.7 Å². The van der Waals surface area contributed by atoms with E-state index in [0.717, 1.165) is 71.9 Å². The van der Waals surface area contributed by atoms with Crippen molar-refractivity contribution in [2.24, 2.45) is 12.5 Å². The van der Waals surface area contributed by atoms with Crippen molar-refractivity contribution in [2.45, 2.75) is 80.1 Å². The number of allylic oxidation sites excluding steroid dienone is 1. The first kappa shape index (κ1) is 36.9. The third-order valence-electron chi connectivity index (χ3n) is 10.5. The second-order valence-corrected chi connectivity index (χ2v) is 15.1. The van der Waals surface area contributed by atoms with Crippen LogP contribution in [0.3, 0.4) is 0 Å². The summed E-state index contributed by atoms with van der Waals surface area (Å²) in [6, 6.07) is 13.0. The third-order valence-corrected chi connectivity index (χ3v) is 10.5. The molecule has 9 nitrogen and oxygen atoms in total. The number of methoxy groups -OCH3 is 2. The lowest BCUT2D eigenvalue weighted by molar-refractivity contribution is -0.129. The van der Waals surface area contributed by atoms with Gasteiger partial charge in [-0.15, -0.1) is 0 Å². The number of ether oxygens (including phenoxy) is 2. The van der Waals surface area contributed by atoms with Crippen molar-refractivity contribution in [2.75, 3.05) is 40.4 Å². The van der Waals surface area contributed by atoms with Crippen molar-refractivity contribution in [1.29, 1.82) is 5.26 Å². The Balaban J connectivity index is 1.30. The van der Waals surface area contributed by atoms with Crippen LogP contribution in [0.25, 0.3) is 11.1 Å². The molecule has 0 spiro atoms. The van der Waals surface area contributed by atoms with Gasteiger partial charge in [0.05, 0.1) is 25.8 Å². The van der Waals surface area contributed by atoms with Crippen molar-refractivity contribution in [3.63, 3.8) is 0 Å². The van der Waals surface area contributed by atoms with Gasteiger partial charge in [-0.3, -0.25) is 19.4 Å². The SMILES string of the molecule is COc1cc(-c2cn(C)c(=O)c(C)c2C)cc(OC)c1CN1CCN(Cc2cccc3c2CCN(C(=O)/C(C#N)=C\C(C)(C)C)C3C)[C@@H](C)C1. The zero-order valence-corrected chi connectivity index (χ0v) is 31.5. The van der Waals surface area contributed by atoms with Crippen LogP contribution in [0, 0.1) is 30.6 Å². The Bertz CT molecular complexity index is 1870. The van der Waals surface area contributed by atoms with Crippen molar-refractivity contribution in [1.82, 2.24) is 19.3 Å². The maximum absolute atomic E-state index is 13.4. The maximum atomic E-state index is 13.4. The molecule has 0 N–H and O–H groups in total. The van der Waals surface area contributed by atoms with Crippen molar-refractivity contribution >= 4 is 5.91 Å². The zero-order valence-electron chi connectivity index (χ0n) is 31.5. The molecule has 1 unspecified atom stereocenters. The van der Waals surface area contributed by atoms with Crippen LogP contribution in [0.4, 0.5) is 0 Å². The second kappa shape index (κ2) is 14.8. The molecule has 2 aliphatic heterocycles. The average molecular weight is 680 g/mol. The Morgan fingerprint density at radius 2 is 1.70 bits per heavy atom. The summed E-state index contributed by atoms with van der Waals surface area (Å²) in [5.74, 6) is 1.36. The van der Waals surface area contributed by atoms with E-state index >= 15 is 0 Å². The van der Waals surface area contributed by atoms with Gasteiger partial charge in [-0.05, 0) is 79.5 Å². The summed E-state index contributed by atoms with van der Waals surface area (Å²) >= 11 is 0. The molecule has 0 bridgehead atoms. The summed E-state index contributed by atoms with van der Waals surface area (Å²) in [4.78, 5) is 32.8. The number of amides is 1. The topological polar surface area (TPSA) is 91.0 Å². The highest BCUT2D eigenvalue weighted by Gasteiger charge is 2.32. The smallest absolute Gasteiger partial charge is 0.264 e. The summed E-state index contributed by atoms with van der Waals surface area (Å²) in [6.07, 6.45) is 4.45. The van der Waals surface area contributed by atoms with Crippen molar-refractivity contribution < 1.29 is 14.3 Å². The molecule has 3 aromatic rings. The lowest BCUT2D eigenvalue weighted by Crippen LogP contribution is -2.51. The van der Waals surface area contributed by atoms with E-state index in [2.05, 4.69) is 60.0 Å². The number of rotatable bonds is 8. The van der Waals surface area contributed by atoms with Crippen LogP contribution in [0.15, 0.2) is 53.0 Å². The molecule has 0 saturated carbocycles. The third kappa shape index (κ3) is 7.52. The molecule has 3 heterocycles. The summed E-state index contributed by atoms with van der Waals surface area (Å²) < 4.78 is 13.5. The summed E-state index contributed by atoms with van der Waals surface area (Å²) in [5, 5.41) is 9.77. The standard InChI is InChI=1S/C41H53N5O4/c1-26-22-44(25-36-37(49-9)18-31(19-38(36)50-10)35-24-43(8)39(47)28(3)27(35)2)16-17-45(26)23-30-12-11-13-33-29(4)46(15-14-34(30)33)40(48)32(21-42)20-41(5,6)7/h11-13,18-20,24,26,29H,14-17,22-23,25H2,1-10H3/b32-20-/t26-,29?/m0/s1. The number of aryl methyl sites for hydroxylation is 1. The van der Waals surface area contributed by atoms with E-state index in [4.69, 9.17) is 9.47 Å². The van der Waals surface area contributed by atoms with Crippen LogP contribution in [0.2, 0.25) is 0 Å². The molecule has 5 rings (SSSR count). The Hall–Kier alpha value is -4.39. The van der Waals surface area contributed by atoms with Gasteiger partial charge in [-0.2, -0.15) is 5.26 Å². The molecule has 1 fully saturated rings. The molecule has 1 saturated heterocycles. The molecule has 2 aromatic carbocycles. The predicted molar refractivity (Wildman–Crippen MR) is 198 cm³/mol. The van der Waals surface area contributed by atoms with Gasteiger partial charge in [0.25, 0.3) is 11.5 Å². The minimum absolute atomic E-state index is 0.00902. The normalized spacial score (nSPS) is 18.8. The maximum Gasteiger partial charge on any atom is 0.264 e. The Morgan fingerprint density at radius 1 is 1.02 bits per heavy atom. The quantitative estimate of drug-likeness (QED) is 0.203. The van der Waals surface area contributed by atoms with Gasteiger partial charge in [0.15, 0.2) is 0 Å². The fraction of sp³-hybridized carbons (Fsp3) is 0.488. The first-order chi connectivity index (χ1) is 23.7. The van der Waals surface area contributed by atoms with E-state index in [0.29, 0.717) is 19.1 Å². The molecule has 2 aliphatic rings. The van der Waals surface area contributed by atoms with E-state index in [1.807, 2.05) is 45.7 Å². The van der Waals surface area contributed by atoms with E-state index < -0.39 is 0 Å². The highest BCUT2D eigenvalue weighted by atomic mass is 16.5. The number of aromatic nitrogens is 1. The number of hydrogen-bond acceptors (Lipinski definition) is 7. The molecule has 50 heavy (non-hydrogen) atoms. The molecule has 2 atom stereocenters. The van der Waals surface area contributed by atoms with Gasteiger partial charge >= 0.3 is 0 Å². The van der Waals surface area contributed by atoms with E-state index in [1.165, 1.54) is 16.7 Å². The summed E-state index contributed by atoms with van der Waals surface area (Å²) in [6.45, 7) is 19.1. The predicted octanol–water partition coefficient (Wildman–Crippen LogP) is 6.33. The second-order valence-electron chi connectivity index (χ2n) is 15.1. The van der Waals surface area contributed by atoms with Gasteiger partial charge in [-0.25, -0.2) is 0 Å². The first-order valence-electron chi connectivity index (χ1n) is 17.6. The van der Waals surface area contributed by atoms with Gasteiger partial charge < -0.3 is 18.9 Å². The van der Waals surface area contributed by atoms with E-state index in [1.54, 1.807) is 31.9 Å². The molecule has 0 radical (unpaired) electrons. The van der Waals surface area contributed by atoms with Crippen LogP contribution >= 0.6 is 0 Å². The Morgan fingerprint density at radius 3 is 2.30 bits per heavy atom. The number of nitriles is 1. The number of hydrogen-bond donors (Lipinski definition) is 0. The number of nitrogens with zero attached hydrogens (tertiary/aromatic N) is 5. The van der Waals surface area contributed by atoms with Crippen LogP contribution in [-0.4, -0.2) is 71.6 Å². The number of pyridine rings is 1. The minimum Gasteiger partial charge on any atom is -0.496 e. The van der Waals surface area contributed by atoms with Crippen molar-refractivity contribution in [3.8, 4) is 28.7 Å². The fourth-order valence-electron chi connectivity index (χ4n) is 7.55. The summed E-state index contributed by atoms with van der Waals surface area (Å²) in [7, 11) is 5.18. The minimum atomic E-state index is -0.252. The lowest BCUT2D eigenvalue weighted by atomic mass is 9.88. The molecule has 266 valence electrons. The molecule has 9 heteroatoms. The zero-order chi connectivity index (χ0) is 36.5. The van der Waals surface area contributed by atoms with Gasteiger partial charge in [-0.1, -0.05) is 45.0 Å². The molecule has 1 amide bonds. The van der Waals surface area contributed by atoms with E-state index in [-0.39, 0.29) is 28.5 Å². The largest absolute Gasteiger partial charge is 0.496 e. The van der Waals surface area contributed by atoms with E-state index in [9.17, 15) is 14.9 Å². The first-order valence-corrected chi connectivity index (χ1v) is 17.6. The Kier molecular flexibility index (Phi) is 10.9. The Labute approximate surface area is 297 Å². The molecular formula is C41H53N5O4. The van der Waals surface area contributed by atoms with Gasteiger partial charge in [0.1, 0.15) is 23.1 Å². The fourth-order valence-corrected chi connectivity index (χ4v) is 7.55. The van der Waals surface area contributed by atoms with Crippen molar-refractivity contribution in [3.05, 3.63) is 91.9 Å². The number of piperazine rings is 1. The summed E-state index contributed by atoms with van der Waals surface area (Å²) in [5.41, 5.74) is 8.44. The number of carbonyl (C=O) groups is 1. The lowest BCUT2D eigenvalue weighted by Gasteiger charge is -2.41. The number of carbonyl (C=O) groups excluding carboxylic acids is 1. The molecule has 1 aromatic heterocycles. The van der Waals surface area contributed by atoms with Crippen LogP contribution in [-0.2, 0) is 31.4 Å². The monoisotopic (exact) mass is 679 g/mol. The molecular weight excluding hydrogens is 626 g/mol. The van der Waals surface area contributed by atoms with Gasteiger partial charge in [0.2, 0.25) is 0 Å². The van der Waals surface area contributed by atoms with Crippen LogP contribution in [0.5, 0.6) is 11.5 Å². The highest BCUT2D eigenvalue weighted by Crippen LogP contribution is 2.38. The van der Waals surface area contributed by atoms with Crippen LogP contribution < -0.4 is 15.0 Å². The number of benzene rings is 2. The average Bonchev–Trinajstić information content (AvgIpc) is 3.08. The molecule has 0 aliphatic carbocycles. The highest BCUT2D eigenvalue weighted by molar-refractivity contribution is 5.97.